The summed E-state index contributed by atoms with van der Waals surface area (Å²) in [6.07, 6.45) is 4.09. The summed E-state index contributed by atoms with van der Waals surface area (Å²) in [4.78, 5) is 236. The number of nitrogens with two attached hydrogens (primary N) is 1. The van der Waals surface area contributed by atoms with Gasteiger partial charge in [0.15, 0.2) is 0 Å². The van der Waals surface area contributed by atoms with Crippen molar-refractivity contribution in [3.05, 3.63) is 90.3 Å². The number of benzene rings is 2. The van der Waals surface area contributed by atoms with Crippen LogP contribution in [-0.2, 0) is 91.2 Å². The fraction of sp³-hybridized carbons (Fsp3) is 0.553. The molecule has 38 heteroatoms. The van der Waals surface area contributed by atoms with Gasteiger partial charge >= 0.3 is 0 Å². The number of amides is 15. The molecule has 7 heterocycles. The third-order valence-electron chi connectivity index (χ3n) is 20.3. The quantitative estimate of drug-likeness (QED) is 0.0592. The first kappa shape index (κ1) is 87.4. The minimum absolute atomic E-state index is 0.00685. The molecule has 0 aliphatic carbocycles. The Balaban J connectivity index is 1.10. The molecule has 9 rings (SSSR count). The Kier molecular flexibility index (Phi) is 30.6. The molecule has 114 heavy (non-hydrogen) atoms. The Hall–Kier alpha value is -10.6. The van der Waals surface area contributed by atoms with Gasteiger partial charge in [0, 0.05) is 96.0 Å². The number of H-pyrrole nitrogens is 3. The summed E-state index contributed by atoms with van der Waals surface area (Å²) in [5.74, 6) is -15.1. The Morgan fingerprint density at radius 2 is 0.947 bits per heavy atom. The predicted octanol–water partition coefficient (Wildman–Crippen LogP) is -2.15. The van der Waals surface area contributed by atoms with Crippen LogP contribution in [0.5, 0.6) is 0 Å². The van der Waals surface area contributed by atoms with Gasteiger partial charge in [0.1, 0.15) is 84.6 Å². The first-order valence-electron chi connectivity index (χ1n) is 38.4. The van der Waals surface area contributed by atoms with E-state index >= 15 is 19.2 Å². The van der Waals surface area contributed by atoms with Crippen LogP contribution < -0.4 is 74.9 Å². The van der Waals surface area contributed by atoms with Crippen molar-refractivity contribution in [3.8, 4) is 0 Å². The molecule has 4 aliphatic heterocycles. The smallest absolute Gasteiger partial charge is 0.248 e. The zero-order valence-electron chi connectivity index (χ0n) is 65.4. The van der Waals surface area contributed by atoms with Crippen LogP contribution in [0, 0.1) is 17.8 Å². The van der Waals surface area contributed by atoms with Gasteiger partial charge in [-0.3, -0.25) is 71.9 Å². The second-order valence-electron chi connectivity index (χ2n) is 30.8. The van der Waals surface area contributed by atoms with Crippen LogP contribution in [0.3, 0.4) is 0 Å². The molecule has 15 amide bonds. The van der Waals surface area contributed by atoms with E-state index in [1.807, 2.05) is 0 Å². The average Bonchev–Trinajstić information content (AvgIpc) is 1.64. The van der Waals surface area contributed by atoms with Gasteiger partial charge < -0.3 is 105 Å². The largest absolute Gasteiger partial charge is 0.391 e. The Labute approximate surface area is 666 Å². The number of aliphatic hydroxyl groups is 1. The summed E-state index contributed by atoms with van der Waals surface area (Å²) in [6, 6.07) is -6.94. The first-order chi connectivity index (χ1) is 54.1. The van der Waals surface area contributed by atoms with E-state index in [1.54, 1.807) is 102 Å². The Bertz CT molecular complexity index is 4340. The van der Waals surface area contributed by atoms with Crippen molar-refractivity contribution >= 4 is 132 Å². The summed E-state index contributed by atoms with van der Waals surface area (Å²) >= 11 is 0. The lowest BCUT2D eigenvalue weighted by Gasteiger charge is -2.34. The molecule has 36 nitrogen and oxygen atoms in total. The number of para-hydroxylation sites is 2. The summed E-state index contributed by atoms with van der Waals surface area (Å²) in [5, 5.41) is 47.5. The van der Waals surface area contributed by atoms with Gasteiger partial charge in [0.2, 0.25) is 88.6 Å². The maximum atomic E-state index is 15.4. The molecule has 3 aromatic heterocycles. The van der Waals surface area contributed by atoms with Gasteiger partial charge in [-0.2, -0.15) is 0 Å². The van der Waals surface area contributed by atoms with Crippen LogP contribution in [0.4, 0.5) is 0 Å². The number of fused-ring (bicyclic) bond motifs is 9. The highest BCUT2D eigenvalue weighted by atomic mass is 33.1. The number of rotatable bonds is 12. The van der Waals surface area contributed by atoms with Crippen molar-refractivity contribution in [1.82, 2.24) is 98.9 Å². The molecule has 5 aromatic rings. The van der Waals surface area contributed by atoms with E-state index in [0.29, 0.717) is 45.0 Å². The van der Waals surface area contributed by atoms with Gasteiger partial charge in [-0.1, -0.05) is 99.5 Å². The standard InChI is InChI=1S/C76H106N20O16S2/c1-36(2)22-51-66(102)81-31-60(98)83-39(7)63(99)86-52(23-37(3)4)70(106)93-61(38(5)6)74(110)90-54(25-44-29-80-50-19-14-12-17-48(44)50)68(104)92-57-34-114-113-33-56(91-65(101)41(9)85-73(109)59-26-45(77)32-96(59)75(111)58-20-15-21-95(58)76(112)62(42(10)97)94-72(57)108)71(107)84-40(8)64(100)87-53(24-43-28-79-49-18-13-11-16-47(43)49)67(103)89-55(69(105)88-51)27-46-30-78-35-82-46/h11-14,16-19,28-30,35-42,45,51-59,61-62,79-80,97H,15,20-27,31-34,77H2,1-10H3,(H,78,82)(H,81,102)(H,83,98)(H,84,107)(H,85,109)(H,86,99)(H,87,100)(H,88,105)(H,89,103)(H,90,110)(H,91,101)(H,92,104)(H,93,106)(H,94,108)/t39-,40-,41-,42+,45-,51-,52-,53-,54-,55-,56-,57-,58+,59-,61-,62-/m0/s1. The lowest BCUT2D eigenvalue weighted by Crippen LogP contribution is -2.62. The van der Waals surface area contributed by atoms with Crippen LogP contribution in [0.25, 0.3) is 21.8 Å². The number of aromatic amines is 3. The van der Waals surface area contributed by atoms with E-state index in [4.69, 9.17) is 5.73 Å². The highest BCUT2D eigenvalue weighted by Crippen LogP contribution is 2.29. The monoisotopic (exact) mass is 1620 g/mol. The zero-order chi connectivity index (χ0) is 82.9. The van der Waals surface area contributed by atoms with Gasteiger partial charge in [-0.25, -0.2) is 4.98 Å². The summed E-state index contributed by atoms with van der Waals surface area (Å²) in [6.45, 7) is 14.8. The van der Waals surface area contributed by atoms with E-state index in [2.05, 4.69) is 89.1 Å². The maximum Gasteiger partial charge on any atom is 0.248 e. The molecule has 4 saturated heterocycles. The lowest BCUT2D eigenvalue weighted by atomic mass is 9.98. The number of carbonyl (C=O) groups excluding carboxylic acids is 15. The van der Waals surface area contributed by atoms with E-state index in [9.17, 15) is 57.8 Å². The molecule has 0 spiro atoms. The Morgan fingerprint density at radius 3 is 1.50 bits per heavy atom. The number of aromatic nitrogens is 4. The molecule has 0 radical (unpaired) electrons. The van der Waals surface area contributed by atoms with Gasteiger partial charge in [0.25, 0.3) is 0 Å². The number of aliphatic hydroxyl groups excluding tert-OH is 1. The molecule has 16 atom stereocenters. The van der Waals surface area contributed by atoms with Gasteiger partial charge in [-0.05, 0) is 101 Å². The van der Waals surface area contributed by atoms with Gasteiger partial charge in [-0.15, -0.1) is 0 Å². The summed E-state index contributed by atoms with van der Waals surface area (Å²) < 4.78 is 0. The highest BCUT2D eigenvalue weighted by Gasteiger charge is 2.47. The minimum Gasteiger partial charge on any atom is -0.391 e. The molecule has 4 aliphatic rings. The fourth-order valence-electron chi connectivity index (χ4n) is 14.1. The summed E-state index contributed by atoms with van der Waals surface area (Å²) in [5.41, 5.74) is 9.20. The lowest BCUT2D eigenvalue weighted by molar-refractivity contribution is -0.149. The van der Waals surface area contributed by atoms with Crippen LogP contribution in [0.2, 0.25) is 0 Å². The van der Waals surface area contributed by atoms with Crippen molar-refractivity contribution < 1.29 is 77.0 Å². The highest BCUT2D eigenvalue weighted by molar-refractivity contribution is 8.76. The molecular weight excluding hydrogens is 1510 g/mol. The third-order valence-corrected chi connectivity index (χ3v) is 22.7. The molecule has 19 N–H and O–H groups in total. The Morgan fingerprint density at radius 1 is 0.482 bits per heavy atom. The van der Waals surface area contributed by atoms with Crippen LogP contribution in [-0.4, -0.2) is 251 Å². The number of hydrogen-bond donors (Lipinski definition) is 18. The first-order valence-corrected chi connectivity index (χ1v) is 40.9. The molecular formula is C76H106N20O16S2. The number of hydrogen-bond acceptors (Lipinski definition) is 20. The fourth-order valence-corrected chi connectivity index (χ4v) is 16.4. The number of imidazole rings is 1. The third kappa shape index (κ3) is 23.1. The van der Waals surface area contributed by atoms with Crippen molar-refractivity contribution in [3.63, 3.8) is 0 Å². The normalized spacial score (nSPS) is 28.0. The van der Waals surface area contributed by atoms with E-state index in [1.165, 1.54) is 50.0 Å². The molecule has 2 aromatic carbocycles. The van der Waals surface area contributed by atoms with E-state index < -0.39 is 204 Å². The second-order valence-corrected chi connectivity index (χ2v) is 33.3. The number of nitrogens with one attached hydrogen (secondary N) is 16. The molecule has 0 unspecified atom stereocenters. The van der Waals surface area contributed by atoms with Crippen molar-refractivity contribution in [1.29, 1.82) is 0 Å². The van der Waals surface area contributed by atoms with E-state index in [0.717, 1.165) is 21.6 Å². The summed E-state index contributed by atoms with van der Waals surface area (Å²) in [7, 11) is 1.78. The van der Waals surface area contributed by atoms with Crippen LogP contribution in [0.15, 0.2) is 73.4 Å². The zero-order valence-corrected chi connectivity index (χ0v) is 67.0. The maximum absolute atomic E-state index is 15.4. The molecule has 0 saturated carbocycles. The number of carbonyl (C=O) groups is 15. The van der Waals surface area contributed by atoms with Crippen LogP contribution >= 0.6 is 21.6 Å². The van der Waals surface area contributed by atoms with Crippen molar-refractivity contribution in [2.45, 2.75) is 217 Å². The average molecular weight is 1620 g/mol. The van der Waals surface area contributed by atoms with Gasteiger partial charge in [0.05, 0.1) is 19.0 Å². The van der Waals surface area contributed by atoms with E-state index in [-0.39, 0.29) is 75.6 Å². The van der Waals surface area contributed by atoms with Crippen molar-refractivity contribution in [2.24, 2.45) is 23.5 Å². The predicted molar refractivity (Wildman–Crippen MR) is 423 cm³/mol. The second kappa shape index (κ2) is 39.9. The molecule has 4 fully saturated rings. The number of nitrogens with zero attached hydrogens (tertiary/aromatic N) is 3. The molecule has 618 valence electrons. The van der Waals surface area contributed by atoms with Crippen molar-refractivity contribution in [2.75, 3.05) is 31.1 Å². The van der Waals surface area contributed by atoms with Crippen LogP contribution in [0.1, 0.15) is 118 Å². The topological polar surface area (TPSA) is 525 Å². The minimum atomic E-state index is -1.76. The SMILES string of the molecule is CC(C)C[C@@H]1NC(=O)[C@H](C)NC(=O)CNC(=O)[C@H](CC(C)C)NC(=O)[C@H](Cc2cnc[nH]2)NC(=O)[C@H](Cc2c[nH]c3ccccc23)NC(=O)[C@H](C)NC(=O)[C@@H]2CSSC[C@H](NC(=O)[C@H](Cc3c[nH]c4ccccc34)NC(=O)[C@H](C(C)C)NC1=O)C(=O)N[C@@H]([C@@H](C)O)C(=O)N1CCC[C@@H]1C(=O)N1C[C@@H](N)C[C@H]1C(=O)N[C@@H](C)C(=O)N2. The molecule has 2 bridgehead atoms.